The molecule has 0 radical (unpaired) electrons. The van der Waals surface area contributed by atoms with Gasteiger partial charge in [0, 0.05) is 6.54 Å². The van der Waals surface area contributed by atoms with Crippen LogP contribution in [-0.2, 0) is 14.3 Å². The van der Waals surface area contributed by atoms with E-state index in [2.05, 4.69) is 14.8 Å². The minimum Gasteiger partial charge on any atom is -0.468 e. The summed E-state index contributed by atoms with van der Waals surface area (Å²) in [6.45, 7) is 0.172. The molecule has 2 rings (SSSR count). The maximum Gasteiger partial charge on any atom is 0.573 e. The van der Waals surface area contributed by atoms with Gasteiger partial charge < -0.3 is 14.8 Å². The summed E-state index contributed by atoms with van der Waals surface area (Å²) < 4.78 is 44.5. The smallest absolute Gasteiger partial charge is 0.468 e. The number of benzene rings is 1. The molecule has 1 heterocycles. The first-order valence-corrected chi connectivity index (χ1v) is 6.91. The van der Waals surface area contributed by atoms with Crippen LogP contribution in [0.15, 0.2) is 24.3 Å². The Labute approximate surface area is 134 Å². The van der Waals surface area contributed by atoms with Crippen LogP contribution in [0.4, 0.5) is 18.9 Å². The number of nitrogens with zero attached hydrogens (tertiary/aromatic N) is 1. The SMILES string of the molecule is COC(=O)[C@@H]1C[C@@H](C(=O)N(O)c2ccc(OC(F)(F)F)cc2)CN1. The lowest BCUT2D eigenvalue weighted by molar-refractivity contribution is -0.274. The molecule has 0 spiro atoms. The van der Waals surface area contributed by atoms with Gasteiger partial charge in [0.05, 0.1) is 18.7 Å². The van der Waals surface area contributed by atoms with Gasteiger partial charge in [0.15, 0.2) is 0 Å². The van der Waals surface area contributed by atoms with Gasteiger partial charge in [-0.2, -0.15) is 5.06 Å². The number of nitrogens with one attached hydrogen (secondary N) is 1. The zero-order valence-corrected chi connectivity index (χ0v) is 12.5. The zero-order chi connectivity index (χ0) is 17.9. The molecule has 2 N–H and O–H groups in total. The average molecular weight is 348 g/mol. The van der Waals surface area contributed by atoms with Gasteiger partial charge in [-0.1, -0.05) is 0 Å². The summed E-state index contributed by atoms with van der Waals surface area (Å²) >= 11 is 0. The van der Waals surface area contributed by atoms with E-state index in [-0.39, 0.29) is 18.7 Å². The Kier molecular flexibility index (Phi) is 5.30. The highest BCUT2D eigenvalue weighted by molar-refractivity contribution is 5.94. The lowest BCUT2D eigenvalue weighted by Crippen LogP contribution is -2.34. The van der Waals surface area contributed by atoms with E-state index >= 15 is 0 Å². The molecule has 1 aromatic rings. The molecule has 0 bridgehead atoms. The van der Waals surface area contributed by atoms with E-state index in [0.29, 0.717) is 5.06 Å². The van der Waals surface area contributed by atoms with Gasteiger partial charge >= 0.3 is 12.3 Å². The number of ether oxygens (including phenoxy) is 2. The van der Waals surface area contributed by atoms with E-state index in [1.807, 2.05) is 0 Å². The van der Waals surface area contributed by atoms with Crippen molar-refractivity contribution in [1.29, 1.82) is 0 Å². The van der Waals surface area contributed by atoms with Crippen molar-refractivity contribution < 1.29 is 37.4 Å². The number of halogens is 3. The highest BCUT2D eigenvalue weighted by Gasteiger charge is 2.36. The Morgan fingerprint density at radius 3 is 2.46 bits per heavy atom. The Hall–Kier alpha value is -2.33. The highest BCUT2D eigenvalue weighted by atomic mass is 19.4. The van der Waals surface area contributed by atoms with Crippen LogP contribution >= 0.6 is 0 Å². The van der Waals surface area contributed by atoms with Gasteiger partial charge in [-0.3, -0.25) is 14.8 Å². The molecule has 1 aliphatic heterocycles. The third kappa shape index (κ3) is 4.36. The number of carbonyl (C=O) groups excluding carboxylic acids is 2. The molecule has 10 heteroatoms. The van der Waals surface area contributed by atoms with Gasteiger partial charge in [0.25, 0.3) is 5.91 Å². The summed E-state index contributed by atoms with van der Waals surface area (Å²) in [5.41, 5.74) is -0.0176. The number of esters is 1. The molecule has 0 aromatic heterocycles. The van der Waals surface area contributed by atoms with Gasteiger partial charge in [0.1, 0.15) is 11.8 Å². The second-order valence-electron chi connectivity index (χ2n) is 5.11. The number of hydrogen-bond acceptors (Lipinski definition) is 6. The van der Waals surface area contributed by atoms with Crippen LogP contribution < -0.4 is 15.1 Å². The Morgan fingerprint density at radius 2 is 1.92 bits per heavy atom. The van der Waals surface area contributed by atoms with Gasteiger partial charge in [-0.05, 0) is 30.7 Å². The summed E-state index contributed by atoms with van der Waals surface area (Å²) in [7, 11) is 1.22. The minimum absolute atomic E-state index is 0.0176. The molecule has 24 heavy (non-hydrogen) atoms. The van der Waals surface area contributed by atoms with Crippen LogP contribution in [0.3, 0.4) is 0 Å². The van der Waals surface area contributed by atoms with E-state index in [1.165, 1.54) is 7.11 Å². The molecule has 132 valence electrons. The van der Waals surface area contributed by atoms with Gasteiger partial charge in [-0.15, -0.1) is 13.2 Å². The fourth-order valence-corrected chi connectivity index (χ4v) is 2.33. The predicted octanol–water partition coefficient (Wildman–Crippen LogP) is 1.46. The Morgan fingerprint density at radius 1 is 1.29 bits per heavy atom. The normalized spacial score (nSPS) is 20.5. The van der Waals surface area contributed by atoms with Crippen LogP contribution in [0.25, 0.3) is 0 Å². The van der Waals surface area contributed by atoms with E-state index in [9.17, 15) is 28.0 Å². The van der Waals surface area contributed by atoms with E-state index in [0.717, 1.165) is 24.3 Å². The number of anilines is 1. The molecular formula is C14H15F3N2O5. The number of rotatable bonds is 4. The first-order chi connectivity index (χ1) is 11.2. The van der Waals surface area contributed by atoms with Crippen molar-refractivity contribution in [3.63, 3.8) is 0 Å². The molecule has 1 saturated heterocycles. The van der Waals surface area contributed by atoms with Crippen LogP contribution in [0, 0.1) is 5.92 Å². The van der Waals surface area contributed by atoms with E-state index in [1.54, 1.807) is 0 Å². The average Bonchev–Trinajstić information content (AvgIpc) is 3.02. The number of methoxy groups -OCH3 is 1. The van der Waals surface area contributed by atoms with Gasteiger partial charge in [0.2, 0.25) is 0 Å². The second kappa shape index (κ2) is 7.05. The van der Waals surface area contributed by atoms with Crippen LogP contribution in [0.5, 0.6) is 5.75 Å². The molecule has 0 unspecified atom stereocenters. The van der Waals surface area contributed by atoms with Crippen LogP contribution in [0.1, 0.15) is 6.42 Å². The number of hydroxylamine groups is 1. The molecule has 1 aromatic carbocycles. The van der Waals surface area contributed by atoms with Crippen molar-refractivity contribution in [1.82, 2.24) is 5.32 Å². The lowest BCUT2D eigenvalue weighted by Gasteiger charge is -2.19. The summed E-state index contributed by atoms with van der Waals surface area (Å²) in [5.74, 6) is -2.33. The molecule has 1 amide bonds. The predicted molar refractivity (Wildman–Crippen MR) is 74.3 cm³/mol. The molecule has 0 aliphatic carbocycles. The Balaban J connectivity index is 1.99. The van der Waals surface area contributed by atoms with E-state index in [4.69, 9.17) is 0 Å². The maximum absolute atomic E-state index is 12.2. The third-order valence-electron chi connectivity index (χ3n) is 3.49. The van der Waals surface area contributed by atoms with E-state index < -0.39 is 35.9 Å². The Bertz CT molecular complexity index is 605. The number of carbonyl (C=O) groups is 2. The maximum atomic E-state index is 12.2. The van der Waals surface area contributed by atoms with Crippen LogP contribution in [0.2, 0.25) is 0 Å². The number of alkyl halides is 3. The first kappa shape index (κ1) is 18.0. The first-order valence-electron chi connectivity index (χ1n) is 6.91. The molecule has 1 fully saturated rings. The monoisotopic (exact) mass is 348 g/mol. The standard InChI is InChI=1S/C14H15F3N2O5/c1-23-13(21)11-6-8(7-18-11)12(20)19(22)9-2-4-10(5-3-9)24-14(15,16)17/h2-5,8,11,18,22H,6-7H2,1H3/t8-,11+/m1/s1. The lowest BCUT2D eigenvalue weighted by atomic mass is 10.0. The van der Waals surface area contributed by atoms with Crippen molar-refractivity contribution in [3.8, 4) is 5.75 Å². The molecule has 0 saturated carbocycles. The molecule has 1 aliphatic rings. The highest BCUT2D eigenvalue weighted by Crippen LogP contribution is 2.26. The fourth-order valence-electron chi connectivity index (χ4n) is 2.33. The van der Waals surface area contributed by atoms with Crippen molar-refractivity contribution in [2.75, 3.05) is 18.7 Å². The molecule has 7 nitrogen and oxygen atoms in total. The van der Waals surface area contributed by atoms with Crippen molar-refractivity contribution in [3.05, 3.63) is 24.3 Å². The largest absolute Gasteiger partial charge is 0.573 e. The summed E-state index contributed by atoms with van der Waals surface area (Å²) in [5, 5.41) is 13.1. The third-order valence-corrected chi connectivity index (χ3v) is 3.49. The number of amides is 1. The number of hydrogen-bond donors (Lipinski definition) is 2. The minimum atomic E-state index is -4.82. The summed E-state index contributed by atoms with van der Waals surface area (Å²) in [4.78, 5) is 23.6. The van der Waals surface area contributed by atoms with Crippen LogP contribution in [-0.4, -0.2) is 43.1 Å². The van der Waals surface area contributed by atoms with Crippen molar-refractivity contribution >= 4 is 17.6 Å². The summed E-state index contributed by atoms with van der Waals surface area (Å²) in [6.07, 6.45) is -4.67. The van der Waals surface area contributed by atoms with Crippen molar-refractivity contribution in [2.24, 2.45) is 5.92 Å². The quantitative estimate of drug-likeness (QED) is 0.487. The zero-order valence-electron chi connectivity index (χ0n) is 12.5. The molecular weight excluding hydrogens is 333 g/mol. The summed E-state index contributed by atoms with van der Waals surface area (Å²) in [6, 6.07) is 3.53. The van der Waals surface area contributed by atoms with Gasteiger partial charge in [-0.25, -0.2) is 0 Å². The topological polar surface area (TPSA) is 88.1 Å². The van der Waals surface area contributed by atoms with Crippen molar-refractivity contribution in [2.45, 2.75) is 18.8 Å². The fraction of sp³-hybridized carbons (Fsp3) is 0.429. The second-order valence-corrected chi connectivity index (χ2v) is 5.11. The molecule has 2 atom stereocenters.